The van der Waals surface area contributed by atoms with Crippen LogP contribution < -0.4 is 30.3 Å². The van der Waals surface area contributed by atoms with Crippen LogP contribution in [-0.4, -0.2) is 33.5 Å². The minimum absolute atomic E-state index is 0. The average molecular weight is 367 g/mol. The van der Waals surface area contributed by atoms with Crippen LogP contribution in [0.5, 0.6) is 0 Å². The fourth-order valence-corrected chi connectivity index (χ4v) is 2.01. The number of halogens is 2. The summed E-state index contributed by atoms with van der Waals surface area (Å²) in [4.78, 5) is 10.5. The van der Waals surface area contributed by atoms with Crippen LogP contribution in [0.4, 0.5) is 11.4 Å². The minimum atomic E-state index is -1.10. The number of carboxylic acids is 1. The van der Waals surface area contributed by atoms with Crippen LogP contribution in [0, 0.1) is 0 Å². The summed E-state index contributed by atoms with van der Waals surface area (Å²) < 4.78 is 0. The van der Waals surface area contributed by atoms with Gasteiger partial charge in [-0.3, -0.25) is 0 Å². The SMILES string of the molecule is Nc1cccc(Cl)c1C(=O)O.Nc1cccc(Cl)c1CO.[AlH3].[H-].[Li+]. The molecule has 0 aromatic heterocycles. The van der Waals surface area contributed by atoms with Crippen LogP contribution >= 0.6 is 23.2 Å². The molecular formula is C14H18AlCl2LiN2O3. The van der Waals surface area contributed by atoms with Gasteiger partial charge >= 0.3 is 24.8 Å². The first kappa shape index (κ1) is 24.4. The van der Waals surface area contributed by atoms with E-state index in [9.17, 15) is 4.79 Å². The molecule has 2 aromatic rings. The molecule has 0 atom stereocenters. The molecule has 120 valence electrons. The molecule has 23 heavy (non-hydrogen) atoms. The quantitative estimate of drug-likeness (QED) is 0.401. The number of nitrogen functional groups attached to an aromatic ring is 2. The van der Waals surface area contributed by atoms with Crippen molar-refractivity contribution in [2.24, 2.45) is 0 Å². The van der Waals surface area contributed by atoms with Crippen LogP contribution in [0.1, 0.15) is 17.3 Å². The Labute approximate surface area is 168 Å². The largest absolute Gasteiger partial charge is 1.00 e. The number of carboxylic acid groups (broad SMARTS) is 1. The molecule has 0 heterocycles. The Morgan fingerprint density at radius 2 is 1.52 bits per heavy atom. The monoisotopic (exact) mass is 366 g/mol. The molecule has 2 aromatic carbocycles. The van der Waals surface area contributed by atoms with Crippen molar-refractivity contribution in [1.29, 1.82) is 0 Å². The molecule has 6 N–H and O–H groups in total. The Bertz CT molecular complexity index is 625. The van der Waals surface area contributed by atoms with Gasteiger partial charge in [-0.25, -0.2) is 4.79 Å². The van der Waals surface area contributed by atoms with Gasteiger partial charge < -0.3 is 23.1 Å². The van der Waals surface area contributed by atoms with Crippen LogP contribution in [0.25, 0.3) is 0 Å². The Morgan fingerprint density at radius 3 is 1.83 bits per heavy atom. The van der Waals surface area contributed by atoms with Gasteiger partial charge in [0.15, 0.2) is 17.4 Å². The Morgan fingerprint density at radius 1 is 1.04 bits per heavy atom. The summed E-state index contributed by atoms with van der Waals surface area (Å²) in [6.07, 6.45) is 0. The Kier molecular flexibility index (Phi) is 12.4. The molecular weight excluding hydrogens is 349 g/mol. The predicted molar refractivity (Wildman–Crippen MR) is 95.7 cm³/mol. The van der Waals surface area contributed by atoms with Crippen molar-refractivity contribution in [2.45, 2.75) is 6.61 Å². The van der Waals surface area contributed by atoms with Crippen molar-refractivity contribution in [2.75, 3.05) is 11.5 Å². The average Bonchev–Trinajstić information content (AvgIpc) is 2.39. The molecule has 0 aliphatic rings. The van der Waals surface area contributed by atoms with E-state index >= 15 is 0 Å². The summed E-state index contributed by atoms with van der Waals surface area (Å²) in [6.45, 7) is -0.106. The maximum absolute atomic E-state index is 10.5. The summed E-state index contributed by atoms with van der Waals surface area (Å²) >= 11 is 11.3. The smallest absolute Gasteiger partial charge is 1.00 e. The van der Waals surface area contributed by atoms with Crippen LogP contribution in [0.2, 0.25) is 10.0 Å². The van der Waals surface area contributed by atoms with Crippen LogP contribution in [-0.2, 0) is 6.61 Å². The molecule has 0 amide bonds. The van der Waals surface area contributed by atoms with Gasteiger partial charge in [0.1, 0.15) is 5.56 Å². The van der Waals surface area contributed by atoms with E-state index in [1.165, 1.54) is 12.1 Å². The first-order chi connectivity index (χ1) is 9.88. The molecule has 0 aliphatic carbocycles. The number of rotatable bonds is 2. The standard InChI is InChI=1S/C7H6ClNO2.C7H8ClNO.Al.Li.4H/c8-4-2-1-3-5(9)6(4)7(10)11;8-6-2-1-3-7(9)5(6)4-10;;;;;;/h1-3H,9H2,(H,10,11);1-3,10H,4,9H2;;;;;;/q;;;+1;;;;-1. The van der Waals surface area contributed by atoms with Gasteiger partial charge in [0.2, 0.25) is 0 Å². The summed E-state index contributed by atoms with van der Waals surface area (Å²) in [7, 11) is 0. The maximum atomic E-state index is 10.5. The van der Waals surface area contributed by atoms with Gasteiger partial charge in [0.25, 0.3) is 0 Å². The van der Waals surface area contributed by atoms with Crippen LogP contribution in [0.15, 0.2) is 36.4 Å². The van der Waals surface area contributed by atoms with E-state index in [0.717, 1.165) is 0 Å². The van der Waals surface area contributed by atoms with Crippen LogP contribution in [0.3, 0.4) is 0 Å². The number of hydrogen-bond acceptors (Lipinski definition) is 4. The predicted octanol–water partition coefficient (Wildman–Crippen LogP) is -1.03. The molecule has 0 unspecified atom stereocenters. The van der Waals surface area contributed by atoms with Crippen molar-refractivity contribution in [3.8, 4) is 0 Å². The molecule has 0 fully saturated rings. The Hall–Kier alpha value is -0.820. The van der Waals surface area contributed by atoms with E-state index in [1.54, 1.807) is 24.3 Å². The number of aliphatic hydroxyl groups excluding tert-OH is 1. The number of nitrogens with two attached hydrogens (primary N) is 2. The molecule has 0 saturated heterocycles. The number of aliphatic hydroxyl groups is 1. The number of aromatic carboxylic acids is 1. The molecule has 0 spiro atoms. The summed E-state index contributed by atoms with van der Waals surface area (Å²) in [5.74, 6) is -1.10. The van der Waals surface area contributed by atoms with E-state index in [4.69, 9.17) is 44.9 Å². The topological polar surface area (TPSA) is 110 Å². The fraction of sp³-hybridized carbons (Fsp3) is 0.0714. The molecule has 5 nitrogen and oxygen atoms in total. The van der Waals surface area contributed by atoms with Gasteiger partial charge in [-0.05, 0) is 24.3 Å². The molecule has 9 heteroatoms. The third-order valence-electron chi connectivity index (χ3n) is 2.57. The maximum Gasteiger partial charge on any atom is 1.00 e. The van der Waals surface area contributed by atoms with Gasteiger partial charge in [0.05, 0.1) is 11.6 Å². The Balaban J connectivity index is -0.000000328. The molecule has 0 radical (unpaired) electrons. The number of benzene rings is 2. The fourth-order valence-electron chi connectivity index (χ4n) is 1.51. The number of hydrogen-bond donors (Lipinski definition) is 4. The number of anilines is 2. The van der Waals surface area contributed by atoms with Gasteiger partial charge in [-0.15, -0.1) is 0 Å². The zero-order chi connectivity index (χ0) is 16.0. The normalized spacial score (nSPS) is 8.83. The zero-order valence-corrected chi connectivity index (χ0v) is 13.4. The first-order valence-corrected chi connectivity index (χ1v) is 6.55. The first-order valence-electron chi connectivity index (χ1n) is 5.79. The van der Waals surface area contributed by atoms with Crippen molar-refractivity contribution in [1.82, 2.24) is 0 Å². The minimum Gasteiger partial charge on any atom is -1.00 e. The van der Waals surface area contributed by atoms with Gasteiger partial charge in [-0.1, -0.05) is 35.3 Å². The second-order valence-electron chi connectivity index (χ2n) is 3.97. The summed E-state index contributed by atoms with van der Waals surface area (Å²) in [6, 6.07) is 9.73. The zero-order valence-electron chi connectivity index (χ0n) is 12.9. The molecule has 0 saturated carbocycles. The van der Waals surface area contributed by atoms with E-state index in [1.807, 2.05) is 0 Å². The van der Waals surface area contributed by atoms with Crippen molar-refractivity contribution in [3.63, 3.8) is 0 Å². The van der Waals surface area contributed by atoms with Gasteiger partial charge in [-0.2, -0.15) is 0 Å². The van der Waals surface area contributed by atoms with E-state index < -0.39 is 5.97 Å². The van der Waals surface area contributed by atoms with E-state index in [-0.39, 0.29) is 60.5 Å². The summed E-state index contributed by atoms with van der Waals surface area (Å²) in [5.41, 5.74) is 12.1. The van der Waals surface area contributed by atoms with E-state index in [2.05, 4.69) is 0 Å². The third-order valence-corrected chi connectivity index (χ3v) is 3.24. The second kappa shape index (κ2) is 11.7. The number of carbonyl (C=O) groups is 1. The van der Waals surface area contributed by atoms with E-state index in [0.29, 0.717) is 16.3 Å². The van der Waals surface area contributed by atoms with Crippen molar-refractivity contribution in [3.05, 3.63) is 57.6 Å². The molecule has 0 bridgehead atoms. The van der Waals surface area contributed by atoms with Crippen molar-refractivity contribution < 1.29 is 35.3 Å². The summed E-state index contributed by atoms with van der Waals surface area (Å²) in [5, 5.41) is 18.0. The second-order valence-corrected chi connectivity index (χ2v) is 4.79. The van der Waals surface area contributed by atoms with Crippen molar-refractivity contribution >= 4 is 57.9 Å². The van der Waals surface area contributed by atoms with Gasteiger partial charge in [0, 0.05) is 22.0 Å². The molecule has 2 rings (SSSR count). The molecule has 0 aliphatic heterocycles. The third kappa shape index (κ3) is 7.08.